The van der Waals surface area contributed by atoms with Gasteiger partial charge in [0.2, 0.25) is 6.79 Å². The summed E-state index contributed by atoms with van der Waals surface area (Å²) >= 11 is 1.57. The van der Waals surface area contributed by atoms with E-state index in [1.165, 1.54) is 0 Å². The molecule has 0 amide bonds. The van der Waals surface area contributed by atoms with E-state index in [1.807, 2.05) is 13.2 Å². The second kappa shape index (κ2) is 2.31. The van der Waals surface area contributed by atoms with E-state index in [4.69, 9.17) is 9.47 Å². The van der Waals surface area contributed by atoms with Crippen LogP contribution in [-0.2, 0) is 9.47 Å². The first kappa shape index (κ1) is 5.82. The Morgan fingerprint density at radius 3 is 2.50 bits per heavy atom. The van der Waals surface area contributed by atoms with Crippen LogP contribution in [0.3, 0.4) is 0 Å². The van der Waals surface area contributed by atoms with Gasteiger partial charge in [-0.1, -0.05) is 11.8 Å². The lowest BCUT2D eigenvalue weighted by Crippen LogP contribution is -1.80. The van der Waals surface area contributed by atoms with Gasteiger partial charge >= 0.3 is 0 Å². The van der Waals surface area contributed by atoms with Gasteiger partial charge in [0.15, 0.2) is 5.09 Å². The maximum absolute atomic E-state index is 5.03. The van der Waals surface area contributed by atoms with E-state index < -0.39 is 0 Å². The van der Waals surface area contributed by atoms with Gasteiger partial charge in [0.05, 0.1) is 0 Å². The molecule has 2 nitrogen and oxygen atoms in total. The molecule has 0 saturated heterocycles. The molecule has 1 aliphatic rings. The fourth-order valence-electron chi connectivity index (χ4n) is 0.535. The van der Waals surface area contributed by atoms with Crippen LogP contribution < -0.4 is 0 Å². The second-order valence-electron chi connectivity index (χ2n) is 1.45. The summed E-state index contributed by atoms with van der Waals surface area (Å²) in [5.74, 6) is 0.900. The summed E-state index contributed by atoms with van der Waals surface area (Å²) in [7, 11) is 0. The molecule has 0 aromatic heterocycles. The fourth-order valence-corrected chi connectivity index (χ4v) is 1.05. The highest BCUT2D eigenvalue weighted by Gasteiger charge is 2.10. The molecule has 46 valence electrons. The Bertz CT molecular complexity index is 120. The van der Waals surface area contributed by atoms with E-state index in [2.05, 4.69) is 0 Å². The zero-order valence-electron chi connectivity index (χ0n) is 4.93. The van der Waals surface area contributed by atoms with E-state index >= 15 is 0 Å². The van der Waals surface area contributed by atoms with Crippen molar-refractivity contribution < 1.29 is 9.47 Å². The van der Waals surface area contributed by atoms with Crippen molar-refractivity contribution in [1.82, 2.24) is 0 Å². The standard InChI is InChI=1S/C5H8O2S/c1-4-5(8-2)7-3-6-4/h3H2,1-2H3. The lowest BCUT2D eigenvalue weighted by molar-refractivity contribution is 0.0786. The van der Waals surface area contributed by atoms with Gasteiger partial charge in [-0.15, -0.1) is 0 Å². The Hall–Kier alpha value is -0.310. The maximum atomic E-state index is 5.03. The Morgan fingerprint density at radius 1 is 1.50 bits per heavy atom. The van der Waals surface area contributed by atoms with Gasteiger partial charge in [0.25, 0.3) is 0 Å². The smallest absolute Gasteiger partial charge is 0.231 e. The minimum absolute atomic E-state index is 0.391. The molecule has 0 radical (unpaired) electrons. The third-order valence-electron chi connectivity index (χ3n) is 0.938. The van der Waals surface area contributed by atoms with Gasteiger partial charge in [-0.2, -0.15) is 0 Å². The van der Waals surface area contributed by atoms with Crippen molar-refractivity contribution in [3.8, 4) is 0 Å². The minimum atomic E-state index is 0.391. The topological polar surface area (TPSA) is 18.5 Å². The fraction of sp³-hybridized carbons (Fsp3) is 0.600. The largest absolute Gasteiger partial charge is 0.458 e. The molecule has 0 N–H and O–H groups in total. The molecule has 0 fully saturated rings. The molecule has 1 rings (SSSR count). The predicted molar refractivity (Wildman–Crippen MR) is 33.3 cm³/mol. The predicted octanol–water partition coefficient (Wildman–Crippen LogP) is 1.54. The van der Waals surface area contributed by atoms with Crippen molar-refractivity contribution in [3.05, 3.63) is 10.9 Å². The molecule has 1 aliphatic heterocycles. The number of ether oxygens (including phenoxy) is 2. The molecular weight excluding hydrogens is 124 g/mol. The molecule has 0 aromatic carbocycles. The van der Waals surface area contributed by atoms with E-state index in [9.17, 15) is 0 Å². The molecule has 0 spiro atoms. The molecular formula is C5H8O2S. The van der Waals surface area contributed by atoms with E-state index in [0.717, 1.165) is 10.9 Å². The van der Waals surface area contributed by atoms with E-state index in [-0.39, 0.29) is 0 Å². The number of thioether (sulfide) groups is 1. The van der Waals surface area contributed by atoms with Gasteiger partial charge in [-0.05, 0) is 13.2 Å². The zero-order chi connectivity index (χ0) is 5.98. The molecule has 0 bridgehead atoms. The van der Waals surface area contributed by atoms with Gasteiger partial charge in [-0.25, -0.2) is 0 Å². The lowest BCUT2D eigenvalue weighted by Gasteiger charge is -1.91. The van der Waals surface area contributed by atoms with E-state index in [0.29, 0.717) is 6.79 Å². The Kier molecular flexibility index (Phi) is 1.68. The average Bonchev–Trinajstić information content (AvgIpc) is 2.14. The van der Waals surface area contributed by atoms with Crippen LogP contribution in [0.2, 0.25) is 0 Å². The Labute approximate surface area is 52.9 Å². The highest BCUT2D eigenvalue weighted by molar-refractivity contribution is 8.02. The number of allylic oxidation sites excluding steroid dienone is 1. The summed E-state index contributed by atoms with van der Waals surface area (Å²) in [5, 5.41) is 0.907. The van der Waals surface area contributed by atoms with Crippen molar-refractivity contribution in [2.45, 2.75) is 6.92 Å². The van der Waals surface area contributed by atoms with Crippen LogP contribution in [0.5, 0.6) is 0 Å². The minimum Gasteiger partial charge on any atom is -0.458 e. The Morgan fingerprint density at radius 2 is 2.25 bits per heavy atom. The molecule has 0 atom stereocenters. The number of hydrogen-bond acceptors (Lipinski definition) is 3. The van der Waals surface area contributed by atoms with Gasteiger partial charge in [0.1, 0.15) is 5.76 Å². The first-order valence-corrected chi connectivity index (χ1v) is 3.57. The molecule has 0 saturated carbocycles. The maximum Gasteiger partial charge on any atom is 0.231 e. The monoisotopic (exact) mass is 132 g/mol. The van der Waals surface area contributed by atoms with Crippen LogP contribution in [0.4, 0.5) is 0 Å². The third kappa shape index (κ3) is 0.916. The van der Waals surface area contributed by atoms with Crippen molar-refractivity contribution >= 4 is 11.8 Å². The highest BCUT2D eigenvalue weighted by atomic mass is 32.2. The first-order valence-electron chi connectivity index (χ1n) is 2.35. The van der Waals surface area contributed by atoms with Crippen molar-refractivity contribution in [2.24, 2.45) is 0 Å². The van der Waals surface area contributed by atoms with Gasteiger partial charge in [0, 0.05) is 0 Å². The summed E-state index contributed by atoms with van der Waals surface area (Å²) < 4.78 is 10.0. The van der Waals surface area contributed by atoms with Crippen LogP contribution in [0.25, 0.3) is 0 Å². The first-order chi connectivity index (χ1) is 3.84. The summed E-state index contributed by atoms with van der Waals surface area (Å²) in [6.45, 7) is 2.29. The van der Waals surface area contributed by atoms with E-state index in [1.54, 1.807) is 11.8 Å². The molecule has 1 heterocycles. The Balaban J connectivity index is 2.58. The highest BCUT2D eigenvalue weighted by Crippen LogP contribution is 2.23. The van der Waals surface area contributed by atoms with Crippen molar-refractivity contribution in [3.63, 3.8) is 0 Å². The van der Waals surface area contributed by atoms with Crippen LogP contribution in [0.1, 0.15) is 6.92 Å². The SMILES string of the molecule is CSC1=C(C)OCO1. The number of hydrogen-bond donors (Lipinski definition) is 0. The summed E-state index contributed by atoms with van der Waals surface area (Å²) in [6.07, 6.45) is 1.97. The van der Waals surface area contributed by atoms with Crippen LogP contribution in [0, 0.1) is 0 Å². The van der Waals surface area contributed by atoms with Crippen LogP contribution >= 0.6 is 11.8 Å². The molecule has 3 heteroatoms. The van der Waals surface area contributed by atoms with Gasteiger partial charge in [-0.3, -0.25) is 0 Å². The molecule has 0 aromatic rings. The summed E-state index contributed by atoms with van der Waals surface area (Å²) in [4.78, 5) is 0. The van der Waals surface area contributed by atoms with Crippen LogP contribution in [0.15, 0.2) is 10.9 Å². The average molecular weight is 132 g/mol. The van der Waals surface area contributed by atoms with Crippen molar-refractivity contribution in [1.29, 1.82) is 0 Å². The molecule has 0 aliphatic carbocycles. The summed E-state index contributed by atoms with van der Waals surface area (Å²) in [6, 6.07) is 0. The van der Waals surface area contributed by atoms with Crippen LogP contribution in [-0.4, -0.2) is 13.0 Å². The quantitative estimate of drug-likeness (QED) is 0.539. The second-order valence-corrected chi connectivity index (χ2v) is 2.23. The number of rotatable bonds is 1. The third-order valence-corrected chi connectivity index (χ3v) is 1.71. The summed E-state index contributed by atoms with van der Waals surface area (Å²) in [5.41, 5.74) is 0. The van der Waals surface area contributed by atoms with Crippen molar-refractivity contribution in [2.75, 3.05) is 13.0 Å². The van der Waals surface area contributed by atoms with Gasteiger partial charge < -0.3 is 9.47 Å². The lowest BCUT2D eigenvalue weighted by atomic mass is 10.6. The normalized spacial score (nSPS) is 18.2. The zero-order valence-corrected chi connectivity index (χ0v) is 5.75. The molecule has 8 heavy (non-hydrogen) atoms. The molecule has 0 unspecified atom stereocenters.